The van der Waals surface area contributed by atoms with Crippen molar-refractivity contribution in [1.82, 2.24) is 15.5 Å². The van der Waals surface area contributed by atoms with E-state index in [0.717, 1.165) is 32.1 Å². The van der Waals surface area contributed by atoms with Gasteiger partial charge in [0.25, 0.3) is 0 Å². The lowest BCUT2D eigenvalue weighted by atomic mass is 9.90. The van der Waals surface area contributed by atoms with Crippen LogP contribution in [0, 0.1) is 11.8 Å². The van der Waals surface area contributed by atoms with Crippen LogP contribution in [-0.2, 0) is 0 Å². The summed E-state index contributed by atoms with van der Waals surface area (Å²) in [4.78, 5) is 14.0. The van der Waals surface area contributed by atoms with Gasteiger partial charge in [-0.15, -0.1) is 0 Å². The molecular weight excluding hydrogens is 202 g/mol. The highest BCUT2D eigenvalue weighted by Gasteiger charge is 2.37. The SMILES string of the molecule is O=C(NC1CCC1)N1CC2CCNCC2C1. The lowest BCUT2D eigenvalue weighted by Gasteiger charge is -2.29. The molecule has 3 aliphatic rings. The summed E-state index contributed by atoms with van der Waals surface area (Å²) in [5.41, 5.74) is 0. The van der Waals surface area contributed by atoms with Gasteiger partial charge in [0.1, 0.15) is 0 Å². The van der Waals surface area contributed by atoms with E-state index in [-0.39, 0.29) is 6.03 Å². The van der Waals surface area contributed by atoms with Crippen LogP contribution in [-0.4, -0.2) is 43.2 Å². The Balaban J connectivity index is 1.53. The minimum Gasteiger partial charge on any atom is -0.335 e. The number of urea groups is 1. The quantitative estimate of drug-likeness (QED) is 0.690. The third kappa shape index (κ3) is 1.90. The zero-order valence-electron chi connectivity index (χ0n) is 9.74. The highest BCUT2D eigenvalue weighted by Crippen LogP contribution is 2.28. The van der Waals surface area contributed by atoms with Gasteiger partial charge in [-0.2, -0.15) is 0 Å². The predicted octanol–water partition coefficient (Wildman–Crippen LogP) is 0.790. The van der Waals surface area contributed by atoms with Crippen molar-refractivity contribution in [3.8, 4) is 0 Å². The number of hydrogen-bond acceptors (Lipinski definition) is 2. The first-order valence-electron chi connectivity index (χ1n) is 6.59. The highest BCUT2D eigenvalue weighted by molar-refractivity contribution is 5.75. The third-order valence-electron chi connectivity index (χ3n) is 4.39. The Bertz CT molecular complexity index is 263. The molecule has 0 bridgehead atoms. The zero-order valence-corrected chi connectivity index (χ0v) is 9.74. The number of piperidine rings is 1. The standard InChI is InChI=1S/C12H21N3O/c16-12(14-11-2-1-3-11)15-7-9-4-5-13-6-10(9)8-15/h9-11,13H,1-8H2,(H,14,16). The summed E-state index contributed by atoms with van der Waals surface area (Å²) in [5, 5.41) is 6.55. The van der Waals surface area contributed by atoms with Crippen LogP contribution in [0.2, 0.25) is 0 Å². The molecule has 0 aromatic heterocycles. The largest absolute Gasteiger partial charge is 0.335 e. The minimum absolute atomic E-state index is 0.180. The van der Waals surface area contributed by atoms with Gasteiger partial charge in [-0.3, -0.25) is 0 Å². The minimum atomic E-state index is 0.180. The summed E-state index contributed by atoms with van der Waals surface area (Å²) < 4.78 is 0. The average Bonchev–Trinajstić information content (AvgIpc) is 2.66. The van der Waals surface area contributed by atoms with Crippen LogP contribution >= 0.6 is 0 Å². The van der Waals surface area contributed by atoms with E-state index in [0.29, 0.717) is 12.0 Å². The number of nitrogens with one attached hydrogen (secondary N) is 2. The van der Waals surface area contributed by atoms with Crippen LogP contribution in [0.3, 0.4) is 0 Å². The molecule has 3 rings (SSSR count). The number of fused-ring (bicyclic) bond motifs is 1. The molecule has 1 aliphatic carbocycles. The Kier molecular flexibility index (Phi) is 2.75. The van der Waals surface area contributed by atoms with Crippen LogP contribution in [0.5, 0.6) is 0 Å². The van der Waals surface area contributed by atoms with Gasteiger partial charge in [0, 0.05) is 19.1 Å². The Labute approximate surface area is 96.8 Å². The molecule has 16 heavy (non-hydrogen) atoms. The Morgan fingerprint density at radius 3 is 2.69 bits per heavy atom. The van der Waals surface area contributed by atoms with Gasteiger partial charge in [-0.1, -0.05) is 0 Å². The van der Waals surface area contributed by atoms with E-state index in [1.807, 2.05) is 4.90 Å². The topological polar surface area (TPSA) is 44.4 Å². The van der Waals surface area contributed by atoms with Crippen molar-refractivity contribution in [1.29, 1.82) is 0 Å². The van der Waals surface area contributed by atoms with Crippen molar-refractivity contribution in [3.63, 3.8) is 0 Å². The molecule has 90 valence electrons. The maximum absolute atomic E-state index is 12.0. The molecule has 0 aromatic rings. The van der Waals surface area contributed by atoms with Gasteiger partial charge in [-0.25, -0.2) is 4.79 Å². The molecule has 2 atom stereocenters. The van der Waals surface area contributed by atoms with Gasteiger partial charge >= 0.3 is 6.03 Å². The molecule has 2 unspecified atom stereocenters. The second kappa shape index (κ2) is 4.24. The molecule has 2 aliphatic heterocycles. The number of nitrogens with zero attached hydrogens (tertiary/aromatic N) is 1. The Morgan fingerprint density at radius 2 is 2.00 bits per heavy atom. The molecule has 3 fully saturated rings. The summed E-state index contributed by atoms with van der Waals surface area (Å²) in [7, 11) is 0. The van der Waals surface area contributed by atoms with E-state index in [4.69, 9.17) is 0 Å². The lowest BCUT2D eigenvalue weighted by Crippen LogP contribution is -2.46. The van der Waals surface area contributed by atoms with Gasteiger partial charge < -0.3 is 15.5 Å². The summed E-state index contributed by atoms with van der Waals surface area (Å²) in [6.07, 6.45) is 4.86. The Hall–Kier alpha value is -0.770. The molecule has 4 heteroatoms. The van der Waals surface area contributed by atoms with Crippen molar-refractivity contribution < 1.29 is 4.79 Å². The second-order valence-corrected chi connectivity index (χ2v) is 5.50. The van der Waals surface area contributed by atoms with Crippen LogP contribution in [0.15, 0.2) is 0 Å². The number of rotatable bonds is 1. The smallest absolute Gasteiger partial charge is 0.317 e. The summed E-state index contributed by atoms with van der Waals surface area (Å²) in [6, 6.07) is 0.646. The van der Waals surface area contributed by atoms with Crippen molar-refractivity contribution in [2.24, 2.45) is 11.8 Å². The molecular formula is C12H21N3O. The summed E-state index contributed by atoms with van der Waals surface area (Å²) in [5.74, 6) is 1.44. The normalized spacial score (nSPS) is 34.4. The van der Waals surface area contributed by atoms with Crippen LogP contribution in [0.4, 0.5) is 4.79 Å². The zero-order chi connectivity index (χ0) is 11.0. The molecule has 2 saturated heterocycles. The third-order valence-corrected chi connectivity index (χ3v) is 4.39. The van der Waals surface area contributed by atoms with E-state index in [2.05, 4.69) is 10.6 Å². The summed E-state index contributed by atoms with van der Waals surface area (Å²) in [6.45, 7) is 4.15. The second-order valence-electron chi connectivity index (χ2n) is 5.50. The van der Waals surface area contributed by atoms with Crippen molar-refractivity contribution in [2.45, 2.75) is 31.7 Å². The van der Waals surface area contributed by atoms with Crippen molar-refractivity contribution in [3.05, 3.63) is 0 Å². The van der Waals surface area contributed by atoms with Crippen LogP contribution in [0.1, 0.15) is 25.7 Å². The van der Waals surface area contributed by atoms with Gasteiger partial charge in [0.2, 0.25) is 0 Å². The number of carbonyl (C=O) groups is 1. The highest BCUT2D eigenvalue weighted by atomic mass is 16.2. The maximum atomic E-state index is 12.0. The van der Waals surface area contributed by atoms with Gasteiger partial charge in [-0.05, 0) is 50.6 Å². The first-order valence-corrected chi connectivity index (χ1v) is 6.59. The number of hydrogen-bond donors (Lipinski definition) is 2. The monoisotopic (exact) mass is 223 g/mol. The predicted molar refractivity (Wildman–Crippen MR) is 62.2 cm³/mol. The van der Waals surface area contributed by atoms with E-state index < -0.39 is 0 Å². The molecule has 1 saturated carbocycles. The first-order chi connectivity index (χ1) is 7.83. The molecule has 0 aromatic carbocycles. The fourth-order valence-corrected chi connectivity index (χ4v) is 3.06. The lowest BCUT2D eigenvalue weighted by molar-refractivity contribution is 0.194. The first kappa shape index (κ1) is 10.4. The van der Waals surface area contributed by atoms with E-state index in [1.165, 1.54) is 25.7 Å². The van der Waals surface area contributed by atoms with E-state index in [1.54, 1.807) is 0 Å². The molecule has 0 spiro atoms. The van der Waals surface area contributed by atoms with Crippen LogP contribution in [0.25, 0.3) is 0 Å². The summed E-state index contributed by atoms with van der Waals surface area (Å²) >= 11 is 0. The average molecular weight is 223 g/mol. The molecule has 2 N–H and O–H groups in total. The van der Waals surface area contributed by atoms with Crippen molar-refractivity contribution in [2.75, 3.05) is 26.2 Å². The maximum Gasteiger partial charge on any atom is 0.317 e. The fraction of sp³-hybridized carbons (Fsp3) is 0.917. The number of amides is 2. The molecule has 2 heterocycles. The molecule has 4 nitrogen and oxygen atoms in total. The van der Waals surface area contributed by atoms with E-state index in [9.17, 15) is 4.79 Å². The van der Waals surface area contributed by atoms with Crippen LogP contribution < -0.4 is 10.6 Å². The molecule has 2 amide bonds. The van der Waals surface area contributed by atoms with Gasteiger partial charge in [0.15, 0.2) is 0 Å². The van der Waals surface area contributed by atoms with Crippen molar-refractivity contribution >= 4 is 6.03 Å². The van der Waals surface area contributed by atoms with E-state index >= 15 is 0 Å². The Morgan fingerprint density at radius 1 is 1.19 bits per heavy atom. The number of likely N-dealkylation sites (tertiary alicyclic amines) is 1. The number of carbonyl (C=O) groups excluding carboxylic acids is 1. The fourth-order valence-electron chi connectivity index (χ4n) is 3.06. The molecule has 0 radical (unpaired) electrons. The van der Waals surface area contributed by atoms with Gasteiger partial charge in [0.05, 0.1) is 0 Å².